The first kappa shape index (κ1) is 26.3. The van der Waals surface area contributed by atoms with Gasteiger partial charge in [-0.15, -0.1) is 0 Å². The third-order valence-electron chi connectivity index (χ3n) is 5.99. The van der Waals surface area contributed by atoms with Gasteiger partial charge in [0.15, 0.2) is 22.6 Å². The SMILES string of the molecule is CC1CCC(N(CCc2ccc(F)c(F)c2F)C(=O)Nc2ncc(SC(C)(C)C(=O)O)s2)CC1. The van der Waals surface area contributed by atoms with Crippen molar-refractivity contribution in [2.45, 2.75) is 67.9 Å². The standard InChI is InChI=1S/C23H28F3N3O3S2/c1-13-4-7-15(8-5-13)29(11-10-14-6-9-16(24)19(26)18(14)25)22(32)28-21-27-12-17(33-21)34-23(2,3)20(30)31/h6,9,12-13,15H,4-5,7-8,10-11H2,1-3H3,(H,30,31)(H,27,28,32). The van der Waals surface area contributed by atoms with Crippen LogP contribution in [0.1, 0.15) is 52.0 Å². The maximum absolute atomic E-state index is 14.2. The maximum Gasteiger partial charge on any atom is 0.323 e. The number of thioether (sulfide) groups is 1. The van der Waals surface area contributed by atoms with Crippen LogP contribution in [-0.2, 0) is 11.2 Å². The molecule has 0 bridgehead atoms. The number of halogens is 3. The van der Waals surface area contributed by atoms with Gasteiger partial charge in [-0.05, 0) is 63.5 Å². The number of benzene rings is 1. The fourth-order valence-electron chi connectivity index (χ4n) is 3.83. The predicted octanol–water partition coefficient (Wildman–Crippen LogP) is 6.17. The Kier molecular flexibility index (Phi) is 8.51. The molecule has 1 saturated carbocycles. The van der Waals surface area contributed by atoms with Crippen molar-refractivity contribution < 1.29 is 27.9 Å². The molecule has 1 aromatic carbocycles. The van der Waals surface area contributed by atoms with Gasteiger partial charge in [0, 0.05) is 12.6 Å². The lowest BCUT2D eigenvalue weighted by molar-refractivity contribution is -0.138. The molecule has 1 fully saturated rings. The van der Waals surface area contributed by atoms with Crippen LogP contribution < -0.4 is 5.32 Å². The highest BCUT2D eigenvalue weighted by Crippen LogP contribution is 2.37. The van der Waals surface area contributed by atoms with Crippen molar-refractivity contribution in [2.75, 3.05) is 11.9 Å². The smallest absolute Gasteiger partial charge is 0.323 e. The lowest BCUT2D eigenvalue weighted by Crippen LogP contribution is -2.45. The minimum atomic E-state index is -1.52. The average molecular weight is 516 g/mol. The van der Waals surface area contributed by atoms with Gasteiger partial charge >= 0.3 is 12.0 Å². The van der Waals surface area contributed by atoms with Crippen molar-refractivity contribution in [3.05, 3.63) is 41.3 Å². The molecule has 11 heteroatoms. The summed E-state index contributed by atoms with van der Waals surface area (Å²) in [5, 5.41) is 12.4. The van der Waals surface area contributed by atoms with Crippen molar-refractivity contribution in [2.24, 2.45) is 5.92 Å². The van der Waals surface area contributed by atoms with Crippen LogP contribution in [-0.4, -0.2) is 44.3 Å². The highest BCUT2D eigenvalue weighted by molar-refractivity contribution is 8.03. The number of carbonyl (C=O) groups is 2. The summed E-state index contributed by atoms with van der Waals surface area (Å²) in [4.78, 5) is 30.3. The highest BCUT2D eigenvalue weighted by Gasteiger charge is 2.31. The number of nitrogens with one attached hydrogen (secondary N) is 1. The molecule has 0 aliphatic heterocycles. The number of thiazole rings is 1. The van der Waals surface area contributed by atoms with E-state index >= 15 is 0 Å². The highest BCUT2D eigenvalue weighted by atomic mass is 32.2. The van der Waals surface area contributed by atoms with Gasteiger partial charge in [0.1, 0.15) is 4.75 Å². The molecule has 1 aromatic heterocycles. The molecular formula is C23H28F3N3O3S2. The van der Waals surface area contributed by atoms with Gasteiger partial charge < -0.3 is 10.0 Å². The Morgan fingerprint density at radius 1 is 1.21 bits per heavy atom. The van der Waals surface area contributed by atoms with E-state index in [-0.39, 0.29) is 24.6 Å². The number of amides is 2. The number of urea groups is 1. The van der Waals surface area contributed by atoms with Gasteiger partial charge in [-0.1, -0.05) is 36.1 Å². The van der Waals surface area contributed by atoms with Gasteiger partial charge in [-0.25, -0.2) is 22.9 Å². The van der Waals surface area contributed by atoms with Crippen molar-refractivity contribution in [3.8, 4) is 0 Å². The van der Waals surface area contributed by atoms with E-state index in [1.807, 2.05) is 0 Å². The average Bonchev–Trinajstić information content (AvgIpc) is 3.20. The second-order valence-corrected chi connectivity index (χ2v) is 12.0. The van der Waals surface area contributed by atoms with Crippen LogP contribution in [0.15, 0.2) is 22.5 Å². The van der Waals surface area contributed by atoms with Gasteiger partial charge in [-0.2, -0.15) is 0 Å². The number of anilines is 1. The monoisotopic (exact) mass is 515 g/mol. The van der Waals surface area contributed by atoms with Crippen LogP contribution in [0.2, 0.25) is 0 Å². The molecule has 1 heterocycles. The Labute approximate surface area is 204 Å². The first-order chi connectivity index (χ1) is 16.0. The van der Waals surface area contributed by atoms with E-state index in [0.29, 0.717) is 15.3 Å². The first-order valence-corrected chi connectivity index (χ1v) is 12.7. The molecule has 1 aliphatic carbocycles. The van der Waals surface area contributed by atoms with E-state index in [1.165, 1.54) is 23.6 Å². The number of rotatable bonds is 8. The summed E-state index contributed by atoms with van der Waals surface area (Å²) in [6, 6.07) is 1.60. The summed E-state index contributed by atoms with van der Waals surface area (Å²) < 4.78 is 40.7. The molecule has 2 aromatic rings. The molecule has 1 aliphatic rings. The van der Waals surface area contributed by atoms with Crippen LogP contribution in [0.5, 0.6) is 0 Å². The zero-order valence-corrected chi connectivity index (χ0v) is 20.9. The van der Waals surface area contributed by atoms with Crippen LogP contribution in [0.3, 0.4) is 0 Å². The topological polar surface area (TPSA) is 82.5 Å². The fraction of sp³-hybridized carbons (Fsp3) is 0.522. The number of hydrogen-bond donors (Lipinski definition) is 2. The van der Waals surface area contributed by atoms with E-state index in [1.54, 1.807) is 18.7 Å². The summed E-state index contributed by atoms with van der Waals surface area (Å²) >= 11 is 2.30. The zero-order valence-electron chi connectivity index (χ0n) is 19.2. The third-order valence-corrected chi connectivity index (χ3v) is 8.19. The third kappa shape index (κ3) is 6.44. The largest absolute Gasteiger partial charge is 0.480 e. The number of carboxylic acid groups (broad SMARTS) is 1. The molecule has 2 amide bonds. The van der Waals surface area contributed by atoms with E-state index in [4.69, 9.17) is 0 Å². The molecule has 6 nitrogen and oxygen atoms in total. The van der Waals surface area contributed by atoms with Crippen LogP contribution in [0, 0.1) is 23.4 Å². The Balaban J connectivity index is 1.72. The van der Waals surface area contributed by atoms with Crippen molar-refractivity contribution in [3.63, 3.8) is 0 Å². The van der Waals surface area contributed by atoms with Crippen molar-refractivity contribution >= 4 is 40.2 Å². The molecular weight excluding hydrogens is 487 g/mol. The van der Waals surface area contributed by atoms with Crippen molar-refractivity contribution in [1.29, 1.82) is 0 Å². The van der Waals surface area contributed by atoms with E-state index < -0.39 is 34.2 Å². The summed E-state index contributed by atoms with van der Waals surface area (Å²) in [7, 11) is 0. The second kappa shape index (κ2) is 11.0. The Bertz CT molecular complexity index is 1040. The number of nitrogens with zero attached hydrogens (tertiary/aromatic N) is 2. The van der Waals surface area contributed by atoms with Crippen LogP contribution in [0.4, 0.5) is 23.1 Å². The quantitative estimate of drug-likeness (QED) is 0.325. The molecule has 34 heavy (non-hydrogen) atoms. The molecule has 3 rings (SSSR count). The maximum atomic E-state index is 14.2. The Hall–Kier alpha value is -2.27. The van der Waals surface area contributed by atoms with Gasteiger partial charge in [0.05, 0.1) is 10.4 Å². The van der Waals surface area contributed by atoms with Crippen LogP contribution in [0.25, 0.3) is 0 Å². The summed E-state index contributed by atoms with van der Waals surface area (Å²) in [5.74, 6) is -4.41. The minimum absolute atomic E-state index is 0.00437. The number of aromatic nitrogens is 1. The Morgan fingerprint density at radius 2 is 1.88 bits per heavy atom. The molecule has 2 N–H and O–H groups in total. The summed E-state index contributed by atoms with van der Waals surface area (Å²) in [6.07, 6.45) is 5.04. The van der Waals surface area contributed by atoms with E-state index in [2.05, 4.69) is 17.2 Å². The fourth-order valence-corrected chi connectivity index (χ4v) is 6.09. The first-order valence-electron chi connectivity index (χ1n) is 11.1. The second-order valence-electron chi connectivity index (χ2n) is 9.02. The summed E-state index contributed by atoms with van der Waals surface area (Å²) in [6.45, 7) is 5.46. The molecule has 186 valence electrons. The lowest BCUT2D eigenvalue weighted by Gasteiger charge is -2.36. The predicted molar refractivity (Wildman–Crippen MR) is 127 cm³/mol. The molecule has 0 unspecified atom stereocenters. The van der Waals surface area contributed by atoms with Crippen LogP contribution >= 0.6 is 23.1 Å². The van der Waals surface area contributed by atoms with E-state index in [9.17, 15) is 27.9 Å². The molecule has 0 spiro atoms. The summed E-state index contributed by atoms with van der Waals surface area (Å²) in [5.41, 5.74) is 0.00437. The van der Waals surface area contributed by atoms with Crippen molar-refractivity contribution in [1.82, 2.24) is 9.88 Å². The van der Waals surface area contributed by atoms with E-state index in [0.717, 1.165) is 43.5 Å². The molecule has 0 radical (unpaired) electrons. The number of carboxylic acids is 1. The number of aliphatic carboxylic acids is 1. The normalized spacial score (nSPS) is 18.5. The van der Waals surface area contributed by atoms with Gasteiger partial charge in [0.25, 0.3) is 0 Å². The van der Waals surface area contributed by atoms with Gasteiger partial charge in [0.2, 0.25) is 0 Å². The minimum Gasteiger partial charge on any atom is -0.480 e. The number of hydrogen-bond acceptors (Lipinski definition) is 5. The molecule has 0 atom stereocenters. The lowest BCUT2D eigenvalue weighted by atomic mass is 9.86. The zero-order chi connectivity index (χ0) is 25.0. The number of carbonyl (C=O) groups excluding carboxylic acids is 1. The Morgan fingerprint density at radius 3 is 2.53 bits per heavy atom. The molecule has 0 saturated heterocycles. The van der Waals surface area contributed by atoms with Gasteiger partial charge in [-0.3, -0.25) is 10.1 Å².